The van der Waals surface area contributed by atoms with E-state index in [1.807, 2.05) is 36.4 Å². The minimum absolute atomic E-state index is 0.388. The molecular weight excluding hydrogens is 264 g/mol. The normalized spacial score (nSPS) is 17.7. The maximum absolute atomic E-state index is 10.3. The van der Waals surface area contributed by atoms with E-state index in [-0.39, 0.29) is 6.10 Å². The van der Waals surface area contributed by atoms with E-state index in [1.54, 1.807) is 12.4 Å². The van der Waals surface area contributed by atoms with Gasteiger partial charge in [0.25, 0.3) is 0 Å². The molecule has 1 aliphatic heterocycles. The highest BCUT2D eigenvalue weighted by Crippen LogP contribution is 2.10. The van der Waals surface area contributed by atoms with Gasteiger partial charge in [-0.25, -0.2) is 9.97 Å². The number of anilines is 1. The highest BCUT2D eigenvalue weighted by atomic mass is 16.3. The van der Waals surface area contributed by atoms with E-state index in [1.165, 1.54) is 4.90 Å². The first-order valence-corrected chi connectivity index (χ1v) is 7.41. The van der Waals surface area contributed by atoms with Crippen molar-refractivity contribution in [1.29, 1.82) is 0 Å². The van der Waals surface area contributed by atoms with Crippen LogP contribution in [0.3, 0.4) is 0 Å². The molecule has 0 aliphatic carbocycles. The smallest absolute Gasteiger partial charge is 0.225 e. The van der Waals surface area contributed by atoms with Gasteiger partial charge in [-0.2, -0.15) is 0 Å². The molecule has 0 radical (unpaired) electrons. The summed E-state index contributed by atoms with van der Waals surface area (Å²) in [6.07, 6.45) is 3.17. The molecule has 5 nitrogen and oxygen atoms in total. The molecule has 21 heavy (non-hydrogen) atoms. The average molecular weight is 285 g/mol. The van der Waals surface area contributed by atoms with Crippen LogP contribution in [0.2, 0.25) is 0 Å². The summed E-state index contributed by atoms with van der Waals surface area (Å²) < 4.78 is 0. The van der Waals surface area contributed by atoms with Crippen molar-refractivity contribution >= 4 is 5.95 Å². The summed E-state index contributed by atoms with van der Waals surface area (Å²) in [4.78, 5) is 12.2. The number of rotatable bonds is 4. The Balaban J connectivity index is 1.52. The van der Waals surface area contributed by atoms with E-state index in [0.29, 0.717) is 0 Å². The van der Waals surface area contributed by atoms with E-state index >= 15 is 0 Å². The lowest BCUT2D eigenvalue weighted by Gasteiger charge is -2.33. The molecule has 0 unspecified atom stereocenters. The van der Waals surface area contributed by atoms with Gasteiger partial charge in [-0.15, -0.1) is 0 Å². The molecule has 0 amide bonds. The Labute approximate surface area is 124 Å². The Morgan fingerprint density at radius 2 is 1.71 bits per heavy atom. The third-order valence-corrected chi connectivity index (χ3v) is 3.97. The van der Waals surface area contributed by atoms with Gasteiger partial charge in [0.15, 0.2) is 0 Å². The van der Waals surface area contributed by atoms with Gasteiger partial charge in [-0.05, 0) is 11.6 Å². The molecule has 2 heterocycles. The maximum Gasteiger partial charge on any atom is 0.225 e. The third kappa shape index (κ3) is 3.56. The van der Waals surface area contributed by atoms with Crippen LogP contribution in [0.25, 0.3) is 0 Å². The number of benzene rings is 1. The summed E-state index contributed by atoms with van der Waals surface area (Å²) in [7, 11) is 0. The minimum Gasteiger partial charge on any atom is -0.382 e. The van der Waals surface area contributed by atoms with Gasteiger partial charge in [0.05, 0.1) is 26.2 Å². The molecule has 2 N–H and O–H groups in total. The molecule has 1 aliphatic rings. The van der Waals surface area contributed by atoms with Crippen molar-refractivity contribution in [3.8, 4) is 0 Å². The van der Waals surface area contributed by atoms with Crippen LogP contribution in [0.1, 0.15) is 11.7 Å². The Morgan fingerprint density at radius 3 is 2.38 bits per heavy atom. The zero-order valence-electron chi connectivity index (χ0n) is 12.0. The molecule has 2 aromatic rings. The van der Waals surface area contributed by atoms with Crippen LogP contribution in [0.4, 0.5) is 5.95 Å². The molecule has 1 saturated heterocycles. The van der Waals surface area contributed by atoms with Gasteiger partial charge in [-0.3, -0.25) is 0 Å². The Kier molecular flexibility index (Phi) is 4.43. The number of piperazine rings is 1. The number of hydrogen-bond acceptors (Lipinski definition) is 4. The van der Waals surface area contributed by atoms with Crippen LogP contribution >= 0.6 is 0 Å². The summed E-state index contributed by atoms with van der Waals surface area (Å²) in [5.74, 6) is 0.806. The standard InChI is InChI=1S/C16H20N4O/c21-15(14-5-2-1-3-6-14)13-19-9-11-20(12-10-19)16-17-7-4-8-18-16/h1-8,15,21H,9-13H2/p+1/t15-/m1/s1. The highest BCUT2D eigenvalue weighted by Gasteiger charge is 2.24. The number of nitrogens with one attached hydrogen (secondary N) is 1. The second-order valence-corrected chi connectivity index (χ2v) is 5.42. The molecule has 0 bridgehead atoms. The molecule has 0 saturated carbocycles. The number of nitrogens with zero attached hydrogens (tertiary/aromatic N) is 3. The van der Waals surface area contributed by atoms with Crippen molar-refractivity contribution in [2.24, 2.45) is 0 Å². The van der Waals surface area contributed by atoms with E-state index < -0.39 is 0 Å². The van der Waals surface area contributed by atoms with Crippen LogP contribution in [0, 0.1) is 0 Å². The second kappa shape index (κ2) is 6.65. The first-order chi connectivity index (χ1) is 10.3. The summed E-state index contributed by atoms with van der Waals surface area (Å²) in [6.45, 7) is 4.62. The number of hydrogen-bond donors (Lipinski definition) is 2. The molecule has 1 aromatic carbocycles. The maximum atomic E-state index is 10.3. The van der Waals surface area contributed by atoms with E-state index in [2.05, 4.69) is 14.9 Å². The van der Waals surface area contributed by atoms with Crippen LogP contribution in [0.5, 0.6) is 0 Å². The van der Waals surface area contributed by atoms with Crippen molar-refractivity contribution in [2.75, 3.05) is 37.6 Å². The molecule has 3 rings (SSSR count). The average Bonchev–Trinajstić information content (AvgIpc) is 2.57. The molecule has 1 atom stereocenters. The zero-order valence-corrected chi connectivity index (χ0v) is 12.0. The van der Waals surface area contributed by atoms with Crippen LogP contribution in [-0.2, 0) is 0 Å². The third-order valence-electron chi connectivity index (χ3n) is 3.97. The number of aliphatic hydroxyl groups is 1. The SMILES string of the molecule is O[C@H](C[NH+]1CCN(c2ncccn2)CC1)c1ccccc1. The molecular formula is C16H21N4O+. The molecule has 1 fully saturated rings. The minimum atomic E-state index is -0.388. The number of aliphatic hydroxyl groups excluding tert-OH is 1. The first-order valence-electron chi connectivity index (χ1n) is 7.41. The van der Waals surface area contributed by atoms with Crippen LogP contribution in [-0.4, -0.2) is 47.8 Å². The van der Waals surface area contributed by atoms with Crippen molar-refractivity contribution in [1.82, 2.24) is 9.97 Å². The Bertz CT molecular complexity index is 541. The predicted octanol–water partition coefficient (Wildman–Crippen LogP) is -0.0849. The fourth-order valence-corrected chi connectivity index (χ4v) is 2.75. The summed E-state index contributed by atoms with van der Waals surface area (Å²) >= 11 is 0. The molecule has 110 valence electrons. The summed E-state index contributed by atoms with van der Waals surface area (Å²) in [6, 6.07) is 11.7. The van der Waals surface area contributed by atoms with E-state index in [9.17, 15) is 5.11 Å². The predicted molar refractivity (Wildman–Crippen MR) is 81.2 cm³/mol. The van der Waals surface area contributed by atoms with Crippen molar-refractivity contribution in [3.05, 3.63) is 54.4 Å². The largest absolute Gasteiger partial charge is 0.382 e. The molecule has 0 spiro atoms. The Hall–Kier alpha value is -1.98. The Morgan fingerprint density at radius 1 is 1.05 bits per heavy atom. The van der Waals surface area contributed by atoms with Crippen molar-refractivity contribution < 1.29 is 10.0 Å². The molecule has 5 heteroatoms. The fraction of sp³-hybridized carbons (Fsp3) is 0.375. The van der Waals surface area contributed by atoms with Gasteiger partial charge in [-0.1, -0.05) is 30.3 Å². The van der Waals surface area contributed by atoms with Gasteiger partial charge < -0.3 is 14.9 Å². The number of aromatic nitrogens is 2. The monoisotopic (exact) mass is 285 g/mol. The number of quaternary nitrogens is 1. The van der Waals surface area contributed by atoms with Crippen molar-refractivity contribution in [2.45, 2.75) is 6.10 Å². The lowest BCUT2D eigenvalue weighted by molar-refractivity contribution is -0.904. The first kappa shape index (κ1) is 14.0. The lowest BCUT2D eigenvalue weighted by atomic mass is 10.1. The summed E-state index contributed by atoms with van der Waals surface area (Å²) in [5.41, 5.74) is 0.999. The van der Waals surface area contributed by atoms with Crippen LogP contribution < -0.4 is 9.80 Å². The summed E-state index contributed by atoms with van der Waals surface area (Å²) in [5, 5.41) is 10.3. The van der Waals surface area contributed by atoms with Gasteiger partial charge >= 0.3 is 0 Å². The second-order valence-electron chi connectivity index (χ2n) is 5.42. The van der Waals surface area contributed by atoms with E-state index in [0.717, 1.165) is 44.2 Å². The topological polar surface area (TPSA) is 53.7 Å². The fourth-order valence-electron chi connectivity index (χ4n) is 2.75. The lowest BCUT2D eigenvalue weighted by Crippen LogP contribution is -3.15. The quantitative estimate of drug-likeness (QED) is 0.825. The van der Waals surface area contributed by atoms with E-state index in [4.69, 9.17) is 0 Å². The van der Waals surface area contributed by atoms with Crippen LogP contribution in [0.15, 0.2) is 48.8 Å². The zero-order chi connectivity index (χ0) is 14.5. The van der Waals surface area contributed by atoms with Gasteiger partial charge in [0.2, 0.25) is 5.95 Å². The van der Waals surface area contributed by atoms with Gasteiger partial charge in [0, 0.05) is 12.4 Å². The van der Waals surface area contributed by atoms with Gasteiger partial charge in [0.1, 0.15) is 12.6 Å². The van der Waals surface area contributed by atoms with Crippen molar-refractivity contribution in [3.63, 3.8) is 0 Å². The molecule has 1 aromatic heterocycles. The highest BCUT2D eigenvalue weighted by molar-refractivity contribution is 5.28.